The summed E-state index contributed by atoms with van der Waals surface area (Å²) in [5.41, 5.74) is 2.14. The molecule has 2 aromatic rings. The van der Waals surface area contributed by atoms with Crippen LogP contribution in [0.5, 0.6) is 0 Å². The smallest absolute Gasteiger partial charge is 0.254 e. The Labute approximate surface area is 171 Å². The van der Waals surface area contributed by atoms with Gasteiger partial charge in [0.1, 0.15) is 0 Å². The van der Waals surface area contributed by atoms with Gasteiger partial charge in [-0.05, 0) is 29.3 Å². The maximum atomic E-state index is 13.0. The SMILES string of the molecule is CS(=O)(=O)Cc1ccc(C(=O)N2CCNCC2c2ccccc2Cl)cc1.Cl. The maximum Gasteiger partial charge on any atom is 0.254 e. The molecule has 27 heavy (non-hydrogen) atoms. The van der Waals surface area contributed by atoms with Gasteiger partial charge in [-0.25, -0.2) is 8.42 Å². The van der Waals surface area contributed by atoms with Crippen LogP contribution in [0.15, 0.2) is 48.5 Å². The number of sulfone groups is 1. The first-order chi connectivity index (χ1) is 12.3. The van der Waals surface area contributed by atoms with Gasteiger partial charge in [-0.2, -0.15) is 0 Å². The molecule has 1 fully saturated rings. The van der Waals surface area contributed by atoms with E-state index in [2.05, 4.69) is 5.32 Å². The van der Waals surface area contributed by atoms with Gasteiger partial charge in [0.25, 0.3) is 5.91 Å². The van der Waals surface area contributed by atoms with Crippen LogP contribution < -0.4 is 5.32 Å². The number of nitrogens with one attached hydrogen (secondary N) is 1. The van der Waals surface area contributed by atoms with Gasteiger partial charge in [-0.1, -0.05) is 41.9 Å². The summed E-state index contributed by atoms with van der Waals surface area (Å²) in [6.45, 7) is 1.94. The molecule has 8 heteroatoms. The van der Waals surface area contributed by atoms with Crippen molar-refractivity contribution in [2.45, 2.75) is 11.8 Å². The molecule has 1 unspecified atom stereocenters. The van der Waals surface area contributed by atoms with E-state index in [1.54, 1.807) is 24.3 Å². The Balaban J connectivity index is 0.00000261. The number of piperazine rings is 1. The van der Waals surface area contributed by atoms with E-state index in [9.17, 15) is 13.2 Å². The molecule has 0 radical (unpaired) electrons. The molecule has 0 spiro atoms. The molecule has 1 heterocycles. The number of carbonyl (C=O) groups is 1. The molecule has 0 saturated carbocycles. The van der Waals surface area contributed by atoms with Crippen LogP contribution in [-0.4, -0.2) is 45.1 Å². The normalized spacial score (nSPS) is 17.3. The maximum absolute atomic E-state index is 13.0. The fourth-order valence-corrected chi connectivity index (χ4v) is 4.24. The minimum atomic E-state index is -3.10. The zero-order valence-electron chi connectivity index (χ0n) is 14.9. The van der Waals surface area contributed by atoms with E-state index in [0.29, 0.717) is 29.2 Å². The quantitative estimate of drug-likeness (QED) is 0.811. The lowest BCUT2D eigenvalue weighted by Gasteiger charge is -2.37. The highest BCUT2D eigenvalue weighted by Crippen LogP contribution is 2.29. The fraction of sp³-hybridized carbons (Fsp3) is 0.316. The van der Waals surface area contributed by atoms with Crippen LogP contribution in [-0.2, 0) is 15.6 Å². The molecule has 1 amide bonds. The molecule has 0 aromatic heterocycles. The number of benzene rings is 2. The lowest BCUT2D eigenvalue weighted by molar-refractivity contribution is 0.0634. The van der Waals surface area contributed by atoms with Crippen molar-refractivity contribution in [2.24, 2.45) is 0 Å². The predicted octanol–water partition coefficient (Wildman–Crippen LogP) is 3.09. The third-order valence-electron chi connectivity index (χ3n) is 4.40. The van der Waals surface area contributed by atoms with E-state index in [4.69, 9.17) is 11.6 Å². The van der Waals surface area contributed by atoms with Gasteiger partial charge in [0, 0.05) is 36.5 Å². The van der Waals surface area contributed by atoms with Crippen LogP contribution >= 0.6 is 24.0 Å². The lowest BCUT2D eigenvalue weighted by atomic mass is 10.0. The van der Waals surface area contributed by atoms with Crippen molar-refractivity contribution in [1.82, 2.24) is 10.2 Å². The van der Waals surface area contributed by atoms with Crippen LogP contribution in [0.1, 0.15) is 27.5 Å². The van der Waals surface area contributed by atoms with Crippen LogP contribution in [0.25, 0.3) is 0 Å². The molecule has 1 N–H and O–H groups in total. The predicted molar refractivity (Wildman–Crippen MR) is 110 cm³/mol. The van der Waals surface area contributed by atoms with Crippen molar-refractivity contribution >= 4 is 39.8 Å². The standard InChI is InChI=1S/C19H21ClN2O3S.ClH/c1-26(24,25)13-14-6-8-15(9-7-14)19(23)22-11-10-21-12-18(22)16-4-2-3-5-17(16)20;/h2-9,18,21H,10-13H2,1H3;1H. The Morgan fingerprint density at radius 1 is 1.19 bits per heavy atom. The van der Waals surface area contributed by atoms with Crippen molar-refractivity contribution in [1.29, 1.82) is 0 Å². The highest BCUT2D eigenvalue weighted by Gasteiger charge is 2.29. The van der Waals surface area contributed by atoms with E-state index in [0.717, 1.165) is 12.1 Å². The van der Waals surface area contributed by atoms with Crippen LogP contribution in [0, 0.1) is 0 Å². The van der Waals surface area contributed by atoms with Crippen LogP contribution in [0.4, 0.5) is 0 Å². The Morgan fingerprint density at radius 2 is 1.85 bits per heavy atom. The minimum Gasteiger partial charge on any atom is -0.329 e. The molecular weight excluding hydrogens is 407 g/mol. The Kier molecular flexibility index (Phi) is 7.28. The highest BCUT2D eigenvalue weighted by atomic mass is 35.5. The summed E-state index contributed by atoms with van der Waals surface area (Å²) >= 11 is 6.33. The number of hydrogen-bond acceptors (Lipinski definition) is 4. The third kappa shape index (κ3) is 5.45. The first-order valence-corrected chi connectivity index (χ1v) is 10.8. The average Bonchev–Trinajstić information content (AvgIpc) is 2.61. The number of carbonyl (C=O) groups excluding carboxylic acids is 1. The molecule has 1 aliphatic heterocycles. The topological polar surface area (TPSA) is 66.5 Å². The summed E-state index contributed by atoms with van der Waals surface area (Å²) in [5.74, 6) is -0.112. The second-order valence-electron chi connectivity index (χ2n) is 6.51. The summed E-state index contributed by atoms with van der Waals surface area (Å²) in [5, 5.41) is 3.95. The summed E-state index contributed by atoms with van der Waals surface area (Å²) in [4.78, 5) is 14.9. The Bertz CT molecular complexity index is 901. The van der Waals surface area contributed by atoms with Crippen molar-refractivity contribution in [3.05, 3.63) is 70.2 Å². The lowest BCUT2D eigenvalue weighted by Crippen LogP contribution is -2.48. The molecule has 2 aromatic carbocycles. The zero-order chi connectivity index (χ0) is 18.7. The van der Waals surface area contributed by atoms with Crippen molar-refractivity contribution in [3.63, 3.8) is 0 Å². The molecule has 5 nitrogen and oxygen atoms in total. The van der Waals surface area contributed by atoms with Gasteiger partial charge in [-0.15, -0.1) is 12.4 Å². The van der Waals surface area contributed by atoms with Gasteiger partial charge in [0.2, 0.25) is 0 Å². The molecule has 3 rings (SSSR count). The number of rotatable bonds is 4. The van der Waals surface area contributed by atoms with E-state index in [1.165, 1.54) is 6.26 Å². The minimum absolute atomic E-state index is 0. The van der Waals surface area contributed by atoms with Crippen molar-refractivity contribution < 1.29 is 13.2 Å². The number of amides is 1. The molecule has 1 saturated heterocycles. The fourth-order valence-electron chi connectivity index (χ4n) is 3.18. The van der Waals surface area contributed by atoms with E-state index < -0.39 is 9.84 Å². The van der Waals surface area contributed by atoms with Gasteiger partial charge >= 0.3 is 0 Å². The third-order valence-corrected chi connectivity index (χ3v) is 5.60. The molecule has 0 aliphatic carbocycles. The van der Waals surface area contributed by atoms with Crippen LogP contribution in [0.3, 0.4) is 0 Å². The van der Waals surface area contributed by atoms with Gasteiger partial charge in [0.15, 0.2) is 9.84 Å². The van der Waals surface area contributed by atoms with E-state index >= 15 is 0 Å². The van der Waals surface area contributed by atoms with Crippen molar-refractivity contribution in [3.8, 4) is 0 Å². The molecular formula is C19H22Cl2N2O3S. The van der Waals surface area contributed by atoms with E-state index in [-0.39, 0.29) is 30.1 Å². The molecule has 0 bridgehead atoms. The largest absolute Gasteiger partial charge is 0.329 e. The molecule has 146 valence electrons. The summed E-state index contributed by atoms with van der Waals surface area (Å²) in [6, 6.07) is 14.2. The first-order valence-electron chi connectivity index (χ1n) is 8.38. The number of hydrogen-bond donors (Lipinski definition) is 1. The average molecular weight is 429 g/mol. The zero-order valence-corrected chi connectivity index (χ0v) is 17.3. The second kappa shape index (κ2) is 9.06. The Hall–Kier alpha value is -1.60. The van der Waals surface area contributed by atoms with Gasteiger partial charge in [0.05, 0.1) is 11.8 Å². The summed E-state index contributed by atoms with van der Waals surface area (Å²) in [6.07, 6.45) is 1.20. The molecule has 1 atom stereocenters. The monoisotopic (exact) mass is 428 g/mol. The summed E-state index contributed by atoms with van der Waals surface area (Å²) < 4.78 is 22.8. The van der Waals surface area contributed by atoms with Gasteiger partial charge in [-0.3, -0.25) is 4.79 Å². The Morgan fingerprint density at radius 3 is 2.48 bits per heavy atom. The first kappa shape index (κ1) is 21.7. The van der Waals surface area contributed by atoms with Gasteiger partial charge < -0.3 is 10.2 Å². The summed E-state index contributed by atoms with van der Waals surface area (Å²) in [7, 11) is -3.10. The molecule has 1 aliphatic rings. The van der Waals surface area contributed by atoms with E-state index in [1.807, 2.05) is 29.2 Å². The number of halogens is 2. The number of nitrogens with zero attached hydrogens (tertiary/aromatic N) is 1. The van der Waals surface area contributed by atoms with Crippen LogP contribution in [0.2, 0.25) is 5.02 Å². The van der Waals surface area contributed by atoms with Crippen molar-refractivity contribution in [2.75, 3.05) is 25.9 Å². The second-order valence-corrected chi connectivity index (χ2v) is 9.05. The highest BCUT2D eigenvalue weighted by molar-refractivity contribution is 7.89.